The van der Waals surface area contributed by atoms with Gasteiger partial charge in [0.25, 0.3) is 10.0 Å². The molecule has 0 aliphatic rings. The van der Waals surface area contributed by atoms with E-state index in [1.54, 1.807) is 6.92 Å². The molecular weight excluding hydrogens is 322 g/mol. The zero-order valence-electron chi connectivity index (χ0n) is 10.8. The molecule has 9 heteroatoms. The highest BCUT2D eigenvalue weighted by Crippen LogP contribution is 2.22. The lowest BCUT2D eigenvalue weighted by Crippen LogP contribution is -2.55. The number of nitrogens with zero attached hydrogens (tertiary/aromatic N) is 3. The van der Waals surface area contributed by atoms with Gasteiger partial charge < -0.3 is 5.73 Å². The third kappa shape index (κ3) is 2.90. The minimum absolute atomic E-state index is 0.0113. The number of halogens is 1. The van der Waals surface area contributed by atoms with Gasteiger partial charge in [-0.3, -0.25) is 0 Å². The standard InChI is InChI=1S/C9H18BrN5O2S/c1-6(2)9(3,5-11)13-18(16,17)8-7(10)12-14-15(8)4/h6,13H,5,11H2,1-4H3. The molecule has 1 rings (SSSR count). The van der Waals surface area contributed by atoms with Gasteiger partial charge in [-0.2, -0.15) is 0 Å². The summed E-state index contributed by atoms with van der Waals surface area (Å²) in [5.41, 5.74) is 4.95. The van der Waals surface area contributed by atoms with Gasteiger partial charge in [0.2, 0.25) is 5.03 Å². The fourth-order valence-electron chi connectivity index (χ4n) is 1.36. The van der Waals surface area contributed by atoms with Crippen LogP contribution in [0.2, 0.25) is 0 Å². The largest absolute Gasteiger partial charge is 0.329 e. The first-order valence-corrected chi connectivity index (χ1v) is 7.71. The molecule has 0 aromatic carbocycles. The topological polar surface area (TPSA) is 103 Å². The monoisotopic (exact) mass is 339 g/mol. The first-order chi connectivity index (χ1) is 8.14. The normalized spacial score (nSPS) is 15.9. The Hall–Kier alpha value is -0.510. The molecule has 7 nitrogen and oxygen atoms in total. The van der Waals surface area contributed by atoms with Gasteiger partial charge in [-0.1, -0.05) is 19.1 Å². The predicted molar refractivity (Wildman–Crippen MR) is 71.3 cm³/mol. The fraction of sp³-hybridized carbons (Fsp3) is 0.778. The smallest absolute Gasteiger partial charge is 0.261 e. The zero-order valence-corrected chi connectivity index (χ0v) is 13.2. The molecule has 0 radical (unpaired) electrons. The van der Waals surface area contributed by atoms with Gasteiger partial charge in [0.05, 0.1) is 0 Å². The van der Waals surface area contributed by atoms with E-state index in [0.29, 0.717) is 0 Å². The van der Waals surface area contributed by atoms with E-state index in [2.05, 4.69) is 31.0 Å². The van der Waals surface area contributed by atoms with Crippen molar-refractivity contribution < 1.29 is 8.42 Å². The number of aromatic nitrogens is 3. The second-order valence-corrected chi connectivity index (χ2v) is 7.04. The molecule has 1 unspecified atom stereocenters. The summed E-state index contributed by atoms with van der Waals surface area (Å²) in [6.07, 6.45) is 0. The number of hydrogen-bond donors (Lipinski definition) is 2. The fourth-order valence-corrected chi connectivity index (χ4v) is 4.00. The molecule has 18 heavy (non-hydrogen) atoms. The van der Waals surface area contributed by atoms with Crippen LogP contribution in [0.4, 0.5) is 0 Å². The summed E-state index contributed by atoms with van der Waals surface area (Å²) < 4.78 is 28.6. The van der Waals surface area contributed by atoms with Crippen molar-refractivity contribution in [2.45, 2.75) is 31.3 Å². The van der Waals surface area contributed by atoms with Crippen LogP contribution in [0.5, 0.6) is 0 Å². The third-order valence-corrected chi connectivity index (χ3v) is 5.56. The van der Waals surface area contributed by atoms with Crippen molar-refractivity contribution in [3.63, 3.8) is 0 Å². The molecule has 1 aromatic heterocycles. The molecule has 0 saturated heterocycles. The van der Waals surface area contributed by atoms with Crippen LogP contribution < -0.4 is 10.5 Å². The van der Waals surface area contributed by atoms with E-state index < -0.39 is 15.6 Å². The summed E-state index contributed by atoms with van der Waals surface area (Å²) in [6.45, 7) is 5.79. The highest BCUT2D eigenvalue weighted by Gasteiger charge is 2.35. The van der Waals surface area contributed by atoms with Crippen molar-refractivity contribution >= 4 is 26.0 Å². The van der Waals surface area contributed by atoms with E-state index in [4.69, 9.17) is 5.73 Å². The molecular formula is C9H18BrN5O2S. The van der Waals surface area contributed by atoms with Crippen molar-refractivity contribution in [1.29, 1.82) is 0 Å². The second kappa shape index (κ2) is 5.24. The maximum atomic E-state index is 12.3. The number of rotatable bonds is 5. The third-order valence-electron chi connectivity index (χ3n) is 3.06. The van der Waals surface area contributed by atoms with Crippen LogP contribution in [-0.2, 0) is 17.1 Å². The molecule has 1 heterocycles. The maximum absolute atomic E-state index is 12.3. The molecule has 104 valence electrons. The number of nitrogens with two attached hydrogens (primary N) is 1. The van der Waals surface area contributed by atoms with Crippen molar-refractivity contribution in [3.05, 3.63) is 4.60 Å². The number of sulfonamides is 1. The van der Waals surface area contributed by atoms with Crippen LogP contribution in [0.25, 0.3) is 0 Å². The van der Waals surface area contributed by atoms with E-state index in [9.17, 15) is 8.42 Å². The Kier molecular flexibility index (Phi) is 4.52. The van der Waals surface area contributed by atoms with Crippen molar-refractivity contribution in [3.8, 4) is 0 Å². The zero-order chi connectivity index (χ0) is 14.1. The predicted octanol–water partition coefficient (Wildman–Crippen LogP) is 0.229. The van der Waals surface area contributed by atoms with Crippen LogP contribution in [0.1, 0.15) is 20.8 Å². The number of aryl methyl sites for hydroxylation is 1. The van der Waals surface area contributed by atoms with E-state index in [1.807, 2.05) is 13.8 Å². The SMILES string of the molecule is CC(C)C(C)(CN)NS(=O)(=O)c1c(Br)nnn1C. The van der Waals surface area contributed by atoms with Crippen molar-refractivity contribution in [1.82, 2.24) is 19.7 Å². The average Bonchev–Trinajstić information content (AvgIpc) is 2.57. The molecule has 1 aromatic rings. The van der Waals surface area contributed by atoms with Gasteiger partial charge in [0.1, 0.15) is 0 Å². The first-order valence-electron chi connectivity index (χ1n) is 5.43. The summed E-state index contributed by atoms with van der Waals surface area (Å²) >= 11 is 3.07. The Balaban J connectivity index is 3.18. The highest BCUT2D eigenvalue weighted by molar-refractivity contribution is 9.10. The lowest BCUT2D eigenvalue weighted by atomic mass is 9.90. The molecule has 0 spiro atoms. The highest BCUT2D eigenvalue weighted by atomic mass is 79.9. The summed E-state index contributed by atoms with van der Waals surface area (Å²) in [5.74, 6) is 0.0530. The second-order valence-electron chi connectivity index (χ2n) is 4.69. The van der Waals surface area contributed by atoms with Gasteiger partial charge in [0.15, 0.2) is 4.60 Å². The van der Waals surface area contributed by atoms with Crippen LogP contribution >= 0.6 is 15.9 Å². The van der Waals surface area contributed by atoms with Crippen molar-refractivity contribution in [2.75, 3.05) is 6.54 Å². The van der Waals surface area contributed by atoms with Gasteiger partial charge in [-0.15, -0.1) is 5.10 Å². The summed E-state index contributed by atoms with van der Waals surface area (Å²) in [6, 6.07) is 0. The minimum atomic E-state index is -3.73. The van der Waals surface area contributed by atoms with Crippen LogP contribution in [-0.4, -0.2) is 35.5 Å². The molecule has 0 aliphatic carbocycles. The molecule has 0 fully saturated rings. The van der Waals surface area contributed by atoms with E-state index in [0.717, 1.165) is 0 Å². The summed E-state index contributed by atoms with van der Waals surface area (Å²) in [7, 11) is -2.22. The van der Waals surface area contributed by atoms with E-state index in [-0.39, 0.29) is 22.1 Å². The summed E-state index contributed by atoms with van der Waals surface area (Å²) in [5, 5.41) is 7.30. The Bertz CT molecular complexity index is 508. The number of nitrogens with one attached hydrogen (secondary N) is 1. The minimum Gasteiger partial charge on any atom is -0.329 e. The number of hydrogen-bond acceptors (Lipinski definition) is 5. The van der Waals surface area contributed by atoms with Crippen LogP contribution in [0.15, 0.2) is 9.63 Å². The van der Waals surface area contributed by atoms with Crippen LogP contribution in [0.3, 0.4) is 0 Å². The summed E-state index contributed by atoms with van der Waals surface area (Å²) in [4.78, 5) is 0. The Morgan fingerprint density at radius 3 is 2.44 bits per heavy atom. The maximum Gasteiger partial charge on any atom is 0.261 e. The Morgan fingerprint density at radius 1 is 1.56 bits per heavy atom. The molecule has 0 saturated carbocycles. The molecule has 0 bridgehead atoms. The lowest BCUT2D eigenvalue weighted by molar-refractivity contribution is 0.314. The van der Waals surface area contributed by atoms with Gasteiger partial charge >= 0.3 is 0 Å². The molecule has 0 amide bonds. The van der Waals surface area contributed by atoms with Gasteiger partial charge in [-0.05, 0) is 28.8 Å². The van der Waals surface area contributed by atoms with Crippen molar-refractivity contribution in [2.24, 2.45) is 18.7 Å². The average molecular weight is 340 g/mol. The van der Waals surface area contributed by atoms with Gasteiger partial charge in [-0.25, -0.2) is 17.8 Å². The quantitative estimate of drug-likeness (QED) is 0.799. The van der Waals surface area contributed by atoms with E-state index in [1.165, 1.54) is 11.7 Å². The van der Waals surface area contributed by atoms with Gasteiger partial charge in [0, 0.05) is 19.1 Å². The first kappa shape index (κ1) is 15.5. The molecule has 0 aliphatic heterocycles. The van der Waals surface area contributed by atoms with E-state index >= 15 is 0 Å². The van der Waals surface area contributed by atoms with Crippen LogP contribution in [0, 0.1) is 5.92 Å². The molecule has 1 atom stereocenters. The lowest BCUT2D eigenvalue weighted by Gasteiger charge is -2.32. The Labute approximate surface area is 115 Å². The Morgan fingerprint density at radius 2 is 2.11 bits per heavy atom. The molecule has 3 N–H and O–H groups in total.